The van der Waals surface area contributed by atoms with E-state index in [9.17, 15) is 30.9 Å². The highest BCUT2D eigenvalue weighted by atomic mass is 35.5. The molecule has 0 aromatic heterocycles. The molecule has 0 radical (unpaired) electrons. The number of anilines is 2. The number of nitrogens with one attached hydrogen (secondary N) is 2. The van der Waals surface area contributed by atoms with Crippen LogP contribution in [0.15, 0.2) is 59.5 Å². The van der Waals surface area contributed by atoms with Crippen molar-refractivity contribution in [2.45, 2.75) is 11.1 Å². The third-order valence-electron chi connectivity index (χ3n) is 4.15. The van der Waals surface area contributed by atoms with Gasteiger partial charge in [0.15, 0.2) is 5.75 Å². The summed E-state index contributed by atoms with van der Waals surface area (Å²) >= 11 is 17.3. The van der Waals surface area contributed by atoms with Crippen molar-refractivity contribution in [1.29, 1.82) is 0 Å². The van der Waals surface area contributed by atoms with Crippen LogP contribution in [0.2, 0.25) is 15.1 Å². The lowest BCUT2D eigenvalue weighted by Crippen LogP contribution is -2.20. The molecule has 0 aliphatic rings. The first-order chi connectivity index (χ1) is 15.8. The molecule has 0 spiro atoms. The van der Waals surface area contributed by atoms with E-state index >= 15 is 0 Å². The lowest BCUT2D eigenvalue weighted by Gasteiger charge is -2.16. The maximum Gasteiger partial charge on any atom is 0.417 e. The molecule has 3 rings (SSSR count). The van der Waals surface area contributed by atoms with Gasteiger partial charge < -0.3 is 15.4 Å². The third kappa shape index (κ3) is 6.24. The minimum absolute atomic E-state index is 0.0115. The summed E-state index contributed by atoms with van der Waals surface area (Å²) in [6.07, 6.45) is -4.78. The van der Waals surface area contributed by atoms with Gasteiger partial charge in [0.05, 0.1) is 27.0 Å². The molecule has 3 N–H and O–H groups in total. The lowest BCUT2D eigenvalue weighted by atomic mass is 10.2. The molecule has 0 saturated carbocycles. The zero-order chi connectivity index (χ0) is 25.3. The Bertz CT molecular complexity index is 1370. The second-order valence-corrected chi connectivity index (χ2v) is 9.19. The predicted molar refractivity (Wildman–Crippen MR) is 122 cm³/mol. The Morgan fingerprint density at radius 2 is 1.53 bits per heavy atom. The minimum Gasteiger partial charge on any atom is -0.454 e. The molecule has 0 heterocycles. The summed E-state index contributed by atoms with van der Waals surface area (Å²) in [6.45, 7) is 0. The van der Waals surface area contributed by atoms with Crippen molar-refractivity contribution in [3.8, 4) is 11.5 Å². The molecular weight excluding hydrogens is 544 g/mol. The average Bonchev–Trinajstić information content (AvgIpc) is 2.71. The maximum atomic E-state index is 13.1. The molecule has 3 aromatic rings. The van der Waals surface area contributed by atoms with Gasteiger partial charge in [-0.1, -0.05) is 46.9 Å². The minimum atomic E-state index is -4.78. The van der Waals surface area contributed by atoms with Gasteiger partial charge in [-0.3, -0.25) is 4.55 Å². The number of alkyl halides is 3. The molecule has 0 aliphatic heterocycles. The molecule has 0 aliphatic carbocycles. The van der Waals surface area contributed by atoms with Crippen LogP contribution in [-0.4, -0.2) is 19.0 Å². The molecule has 0 fully saturated rings. The second kappa shape index (κ2) is 9.88. The van der Waals surface area contributed by atoms with E-state index in [1.807, 2.05) is 0 Å². The van der Waals surface area contributed by atoms with Crippen molar-refractivity contribution in [2.24, 2.45) is 0 Å². The molecule has 14 heteroatoms. The third-order valence-corrected chi connectivity index (χ3v) is 5.88. The highest BCUT2D eigenvalue weighted by molar-refractivity contribution is 7.86. The van der Waals surface area contributed by atoms with Gasteiger partial charge in [0.1, 0.15) is 10.6 Å². The van der Waals surface area contributed by atoms with E-state index in [2.05, 4.69) is 10.6 Å². The smallest absolute Gasteiger partial charge is 0.417 e. The largest absolute Gasteiger partial charge is 0.454 e. The first-order valence-electron chi connectivity index (χ1n) is 8.94. The Kier molecular flexibility index (Phi) is 7.53. The van der Waals surface area contributed by atoms with Gasteiger partial charge >= 0.3 is 12.2 Å². The molecule has 0 unspecified atom stereocenters. The SMILES string of the molecule is O=C(Nc1cc(C(F)(F)F)c(Cl)cc1Cl)Nc1ccccc1Oc1ccc(Cl)cc1S(=O)(=O)O. The Morgan fingerprint density at radius 1 is 0.882 bits per heavy atom. The number of amides is 2. The monoisotopic (exact) mass is 554 g/mol. The molecule has 180 valence electrons. The normalized spacial score (nSPS) is 11.7. The van der Waals surface area contributed by atoms with E-state index in [4.69, 9.17) is 39.5 Å². The summed E-state index contributed by atoms with van der Waals surface area (Å²) in [5, 5.41) is 3.69. The maximum absolute atomic E-state index is 13.1. The number of benzene rings is 3. The van der Waals surface area contributed by atoms with E-state index < -0.39 is 37.8 Å². The molecular formula is C20H12Cl3F3N2O5S. The number of ether oxygens (including phenoxy) is 1. The number of carbonyl (C=O) groups excluding carboxylic acids is 1. The highest BCUT2D eigenvalue weighted by Crippen LogP contribution is 2.39. The van der Waals surface area contributed by atoms with Crippen LogP contribution in [0.5, 0.6) is 11.5 Å². The fourth-order valence-electron chi connectivity index (χ4n) is 2.68. The highest BCUT2D eigenvalue weighted by Gasteiger charge is 2.34. The number of hydrogen-bond acceptors (Lipinski definition) is 4. The number of halogens is 6. The molecule has 2 amide bonds. The Labute approximate surface area is 206 Å². The van der Waals surface area contributed by atoms with E-state index in [0.717, 1.165) is 12.1 Å². The summed E-state index contributed by atoms with van der Waals surface area (Å²) in [4.78, 5) is 11.8. The molecule has 34 heavy (non-hydrogen) atoms. The molecule has 7 nitrogen and oxygen atoms in total. The van der Waals surface area contributed by atoms with Crippen molar-refractivity contribution in [2.75, 3.05) is 10.6 Å². The second-order valence-electron chi connectivity index (χ2n) is 6.55. The fraction of sp³-hybridized carbons (Fsp3) is 0.0500. The molecule has 3 aromatic carbocycles. The molecule has 0 atom stereocenters. The van der Waals surface area contributed by atoms with Crippen LogP contribution in [0.3, 0.4) is 0 Å². The van der Waals surface area contributed by atoms with Gasteiger partial charge in [-0.15, -0.1) is 0 Å². The first-order valence-corrected chi connectivity index (χ1v) is 11.5. The summed E-state index contributed by atoms with van der Waals surface area (Å²) < 4.78 is 77.6. The van der Waals surface area contributed by atoms with E-state index in [1.165, 1.54) is 36.4 Å². The zero-order valence-corrected chi connectivity index (χ0v) is 19.5. The Morgan fingerprint density at radius 3 is 2.18 bits per heavy atom. The van der Waals surface area contributed by atoms with Gasteiger partial charge in [-0.25, -0.2) is 4.79 Å². The van der Waals surface area contributed by atoms with Crippen LogP contribution in [0.4, 0.5) is 29.3 Å². The standard InChI is InChI=1S/C20H12Cl3F3N2O5S/c21-10-5-6-17(18(7-10)34(30,31)32)33-16-4-2-1-3-14(16)27-19(29)28-15-8-11(20(24,25)26)12(22)9-13(15)23/h1-9H,(H2,27,28,29)(H,30,31,32). The van der Waals surface area contributed by atoms with E-state index in [0.29, 0.717) is 6.07 Å². The predicted octanol–water partition coefficient (Wildman–Crippen LogP) is 7.35. The number of rotatable bonds is 5. The van der Waals surface area contributed by atoms with Crippen LogP contribution < -0.4 is 15.4 Å². The summed E-state index contributed by atoms with van der Waals surface area (Å²) in [7, 11) is -4.70. The van der Waals surface area contributed by atoms with Crippen molar-refractivity contribution >= 4 is 62.3 Å². The van der Waals surface area contributed by atoms with Crippen molar-refractivity contribution in [3.05, 3.63) is 75.2 Å². The first kappa shape index (κ1) is 25.9. The molecule has 0 bridgehead atoms. The van der Waals surface area contributed by atoms with Gasteiger partial charge in [-0.05, 0) is 42.5 Å². The molecule has 0 saturated heterocycles. The van der Waals surface area contributed by atoms with Gasteiger partial charge in [0, 0.05) is 5.02 Å². The number of para-hydroxylation sites is 2. The van der Waals surface area contributed by atoms with E-state index in [1.54, 1.807) is 0 Å². The van der Waals surface area contributed by atoms with Crippen molar-refractivity contribution in [1.82, 2.24) is 0 Å². The van der Waals surface area contributed by atoms with Gasteiger partial charge in [0.25, 0.3) is 10.1 Å². The lowest BCUT2D eigenvalue weighted by molar-refractivity contribution is -0.137. The number of urea groups is 1. The van der Waals surface area contributed by atoms with Crippen LogP contribution in [0.1, 0.15) is 5.56 Å². The zero-order valence-electron chi connectivity index (χ0n) is 16.5. The topological polar surface area (TPSA) is 105 Å². The van der Waals surface area contributed by atoms with Gasteiger partial charge in [0.2, 0.25) is 0 Å². The van der Waals surface area contributed by atoms with Crippen LogP contribution in [0, 0.1) is 0 Å². The fourth-order valence-corrected chi connectivity index (χ4v) is 4.10. The Hall–Kier alpha value is -2.70. The van der Waals surface area contributed by atoms with Crippen molar-refractivity contribution < 1.29 is 35.7 Å². The van der Waals surface area contributed by atoms with E-state index in [-0.39, 0.29) is 32.9 Å². The van der Waals surface area contributed by atoms with Crippen LogP contribution >= 0.6 is 34.8 Å². The van der Waals surface area contributed by atoms with Crippen molar-refractivity contribution in [3.63, 3.8) is 0 Å². The van der Waals surface area contributed by atoms with Crippen LogP contribution in [0.25, 0.3) is 0 Å². The summed E-state index contributed by atoms with van der Waals surface area (Å²) in [5.74, 6) is -0.347. The summed E-state index contributed by atoms with van der Waals surface area (Å²) in [6, 6.07) is 9.67. The Balaban J connectivity index is 1.87. The van der Waals surface area contributed by atoms with Gasteiger partial charge in [-0.2, -0.15) is 21.6 Å². The van der Waals surface area contributed by atoms with Crippen LogP contribution in [-0.2, 0) is 16.3 Å². The quantitative estimate of drug-likeness (QED) is 0.286. The number of hydrogen-bond donors (Lipinski definition) is 3. The summed E-state index contributed by atoms with van der Waals surface area (Å²) in [5.41, 5.74) is -1.55. The average molecular weight is 556 g/mol. The number of carbonyl (C=O) groups is 1.